The van der Waals surface area contributed by atoms with Gasteiger partial charge in [0.1, 0.15) is 5.82 Å². The predicted molar refractivity (Wildman–Crippen MR) is 123 cm³/mol. The lowest BCUT2D eigenvalue weighted by Gasteiger charge is -2.24. The van der Waals surface area contributed by atoms with Crippen LogP contribution in [0.15, 0.2) is 63.5 Å². The highest BCUT2D eigenvalue weighted by Gasteiger charge is 2.33. The van der Waals surface area contributed by atoms with Gasteiger partial charge in [0, 0.05) is 5.56 Å². The number of allylic oxidation sites excluding steroid dienone is 1. The van der Waals surface area contributed by atoms with Crippen molar-refractivity contribution in [2.24, 2.45) is 4.99 Å². The Hall–Kier alpha value is -3.03. The maximum absolute atomic E-state index is 14.3. The molecule has 164 valence electrons. The van der Waals surface area contributed by atoms with Crippen molar-refractivity contribution in [2.45, 2.75) is 26.8 Å². The van der Waals surface area contributed by atoms with Crippen LogP contribution in [0.3, 0.4) is 0 Å². The van der Waals surface area contributed by atoms with Crippen LogP contribution in [-0.2, 0) is 9.53 Å². The number of carbonyl (C=O) groups excluding carboxylic acids is 1. The maximum atomic E-state index is 14.3. The lowest BCUT2D eigenvalue weighted by molar-refractivity contribution is -0.139. The molecule has 0 saturated heterocycles. The van der Waals surface area contributed by atoms with E-state index in [1.54, 1.807) is 19.9 Å². The molecule has 8 heteroatoms. The zero-order chi connectivity index (χ0) is 23.0. The molecule has 0 radical (unpaired) electrons. The van der Waals surface area contributed by atoms with Gasteiger partial charge in [0.05, 0.1) is 33.5 Å². The number of hydrogen-bond donors (Lipinski definition) is 0. The lowest BCUT2D eigenvalue weighted by atomic mass is 9.95. The molecule has 0 N–H and O–H groups in total. The van der Waals surface area contributed by atoms with E-state index >= 15 is 0 Å². The summed E-state index contributed by atoms with van der Waals surface area (Å²) in [5, 5.41) is 0.203. The maximum Gasteiger partial charge on any atom is 0.338 e. The number of hydrogen-bond acceptors (Lipinski definition) is 5. The topological polar surface area (TPSA) is 60.7 Å². The first-order valence-electron chi connectivity index (χ1n) is 10.0. The van der Waals surface area contributed by atoms with Gasteiger partial charge >= 0.3 is 5.97 Å². The fourth-order valence-electron chi connectivity index (χ4n) is 3.64. The molecule has 0 fully saturated rings. The van der Waals surface area contributed by atoms with E-state index < -0.39 is 17.8 Å². The van der Waals surface area contributed by atoms with Crippen LogP contribution in [0.1, 0.15) is 36.6 Å². The van der Waals surface area contributed by atoms with Crippen LogP contribution in [0, 0.1) is 12.7 Å². The standard InChI is InChI=1S/C24H20ClFN2O3S/c1-4-31-23(30)20-14(3)27-24-28(21(20)15-10-8-13(2)9-11-15)22(29)19(32-24)12-16-17(25)6-5-7-18(16)26/h5-12,21H,4H2,1-3H3/b19-12-/t21-/m0/s1. The smallest absolute Gasteiger partial charge is 0.338 e. The number of carbonyl (C=O) groups is 1. The minimum absolute atomic E-state index is 0.132. The highest BCUT2D eigenvalue weighted by Crippen LogP contribution is 2.31. The van der Waals surface area contributed by atoms with Gasteiger partial charge in [-0.1, -0.05) is 58.8 Å². The molecule has 4 rings (SSSR count). The third-order valence-corrected chi connectivity index (χ3v) is 6.50. The summed E-state index contributed by atoms with van der Waals surface area (Å²) < 4.78 is 21.3. The molecule has 0 saturated carbocycles. The molecule has 3 aromatic rings. The molecule has 5 nitrogen and oxygen atoms in total. The van der Waals surface area contributed by atoms with Gasteiger partial charge in [-0.2, -0.15) is 0 Å². The Balaban J connectivity index is 1.99. The van der Waals surface area contributed by atoms with E-state index in [1.165, 1.54) is 22.8 Å². The number of halogens is 2. The van der Waals surface area contributed by atoms with Gasteiger partial charge in [-0.15, -0.1) is 0 Å². The molecule has 0 unspecified atom stereocenters. The molecule has 1 aromatic heterocycles. The number of ether oxygens (including phenoxy) is 1. The summed E-state index contributed by atoms with van der Waals surface area (Å²) in [7, 11) is 0. The van der Waals surface area contributed by atoms with Crippen molar-refractivity contribution in [3.05, 3.63) is 101 Å². The molecule has 0 spiro atoms. The van der Waals surface area contributed by atoms with E-state index in [4.69, 9.17) is 16.3 Å². The minimum Gasteiger partial charge on any atom is -0.463 e. The molecule has 1 aliphatic rings. The summed E-state index contributed by atoms with van der Waals surface area (Å²) >= 11 is 7.28. The second-order valence-electron chi connectivity index (χ2n) is 7.35. The molecule has 0 bridgehead atoms. The Bertz CT molecular complexity index is 1400. The van der Waals surface area contributed by atoms with Crippen LogP contribution in [0.5, 0.6) is 0 Å². The second kappa shape index (κ2) is 8.84. The van der Waals surface area contributed by atoms with Crippen LogP contribution in [-0.4, -0.2) is 17.1 Å². The van der Waals surface area contributed by atoms with E-state index in [1.807, 2.05) is 31.2 Å². The van der Waals surface area contributed by atoms with E-state index in [0.717, 1.165) is 22.5 Å². The third-order valence-electron chi connectivity index (χ3n) is 5.19. The molecule has 0 amide bonds. The van der Waals surface area contributed by atoms with E-state index in [9.17, 15) is 14.0 Å². The molecular formula is C24H20ClFN2O3S. The first kappa shape index (κ1) is 22.2. The van der Waals surface area contributed by atoms with Gasteiger partial charge in [0.25, 0.3) is 5.56 Å². The van der Waals surface area contributed by atoms with Crippen LogP contribution in [0.4, 0.5) is 4.39 Å². The molecule has 2 aromatic carbocycles. The predicted octanol–water partition coefficient (Wildman–Crippen LogP) is 3.90. The Kier molecular flexibility index (Phi) is 6.13. The van der Waals surface area contributed by atoms with Crippen molar-refractivity contribution in [3.63, 3.8) is 0 Å². The first-order valence-corrected chi connectivity index (χ1v) is 11.2. The highest BCUT2D eigenvalue weighted by atomic mass is 35.5. The van der Waals surface area contributed by atoms with Crippen molar-refractivity contribution in [3.8, 4) is 0 Å². The number of fused-ring (bicyclic) bond motifs is 1. The molecule has 2 heterocycles. The van der Waals surface area contributed by atoms with Gasteiger partial charge in [-0.25, -0.2) is 14.2 Å². The van der Waals surface area contributed by atoms with Crippen LogP contribution >= 0.6 is 22.9 Å². The fourth-order valence-corrected chi connectivity index (χ4v) is 4.88. The molecule has 0 aliphatic carbocycles. The number of esters is 1. The summed E-state index contributed by atoms with van der Waals surface area (Å²) in [6, 6.07) is 11.2. The SMILES string of the molecule is CCOC(=O)C1=C(C)N=c2s/c(=C\c3c(F)cccc3Cl)c(=O)n2[C@H]1c1ccc(C)cc1. The Morgan fingerprint density at radius 1 is 1.25 bits per heavy atom. The quantitative estimate of drug-likeness (QED) is 0.543. The molecular weight excluding hydrogens is 451 g/mol. The highest BCUT2D eigenvalue weighted by molar-refractivity contribution is 7.07. The third kappa shape index (κ3) is 3.94. The summed E-state index contributed by atoms with van der Waals surface area (Å²) in [6.07, 6.45) is 1.43. The Morgan fingerprint density at radius 2 is 1.97 bits per heavy atom. The summed E-state index contributed by atoms with van der Waals surface area (Å²) in [5.74, 6) is -1.05. The molecule has 32 heavy (non-hydrogen) atoms. The zero-order valence-corrected chi connectivity index (χ0v) is 19.3. The van der Waals surface area contributed by atoms with Crippen LogP contribution in [0.2, 0.25) is 5.02 Å². The first-order chi connectivity index (χ1) is 15.3. The number of nitrogens with zero attached hydrogens (tertiary/aromatic N) is 2. The van der Waals surface area contributed by atoms with E-state index in [2.05, 4.69) is 4.99 Å². The van der Waals surface area contributed by atoms with Gasteiger partial charge in [-0.3, -0.25) is 9.36 Å². The normalized spacial score (nSPS) is 16.0. The average molecular weight is 471 g/mol. The zero-order valence-electron chi connectivity index (χ0n) is 17.7. The van der Waals surface area contributed by atoms with Crippen molar-refractivity contribution in [1.29, 1.82) is 0 Å². The molecule has 1 atom stereocenters. The molecule has 1 aliphatic heterocycles. The van der Waals surface area contributed by atoms with Gasteiger partial charge < -0.3 is 4.74 Å². The summed E-state index contributed by atoms with van der Waals surface area (Å²) in [4.78, 5) is 31.2. The van der Waals surface area contributed by atoms with E-state index in [-0.39, 0.29) is 27.3 Å². The number of thiazole rings is 1. The summed E-state index contributed by atoms with van der Waals surface area (Å²) in [6.45, 7) is 5.60. The monoisotopic (exact) mass is 470 g/mol. The van der Waals surface area contributed by atoms with Crippen molar-refractivity contribution < 1.29 is 13.9 Å². The van der Waals surface area contributed by atoms with Crippen molar-refractivity contribution >= 4 is 35.0 Å². The average Bonchev–Trinajstić information content (AvgIpc) is 3.05. The number of rotatable bonds is 4. The fraction of sp³-hybridized carbons (Fsp3) is 0.208. The Labute approximate surface area is 192 Å². The second-order valence-corrected chi connectivity index (χ2v) is 8.76. The van der Waals surface area contributed by atoms with Gasteiger partial charge in [-0.05, 0) is 44.5 Å². The number of benzene rings is 2. The minimum atomic E-state index is -0.704. The summed E-state index contributed by atoms with van der Waals surface area (Å²) in [5.41, 5.74) is 2.34. The Morgan fingerprint density at radius 3 is 2.62 bits per heavy atom. The van der Waals surface area contributed by atoms with Crippen molar-refractivity contribution in [1.82, 2.24) is 4.57 Å². The van der Waals surface area contributed by atoms with Crippen LogP contribution in [0.25, 0.3) is 6.08 Å². The van der Waals surface area contributed by atoms with Crippen LogP contribution < -0.4 is 14.9 Å². The lowest BCUT2D eigenvalue weighted by Crippen LogP contribution is -2.40. The number of aryl methyl sites for hydroxylation is 1. The number of aromatic nitrogens is 1. The van der Waals surface area contributed by atoms with Gasteiger partial charge in [0.2, 0.25) is 0 Å². The van der Waals surface area contributed by atoms with Crippen molar-refractivity contribution in [2.75, 3.05) is 6.61 Å². The van der Waals surface area contributed by atoms with E-state index in [0.29, 0.717) is 16.1 Å². The largest absolute Gasteiger partial charge is 0.463 e. The van der Waals surface area contributed by atoms with Gasteiger partial charge in [0.15, 0.2) is 4.80 Å².